The normalized spacial score (nSPS) is 16.7. The zero-order valence-corrected chi connectivity index (χ0v) is 19.0. The second-order valence-corrected chi connectivity index (χ2v) is 8.80. The predicted molar refractivity (Wildman–Crippen MR) is 122 cm³/mol. The molecule has 0 spiro atoms. The van der Waals surface area contributed by atoms with E-state index in [1.54, 1.807) is 11.6 Å². The summed E-state index contributed by atoms with van der Waals surface area (Å²) in [5.74, 6) is 0.450. The number of ether oxygens (including phenoxy) is 1. The molecule has 1 aliphatic heterocycles. The van der Waals surface area contributed by atoms with Crippen LogP contribution in [0.2, 0.25) is 0 Å². The van der Waals surface area contributed by atoms with Crippen molar-refractivity contribution in [2.45, 2.75) is 52.4 Å². The Kier molecular flexibility index (Phi) is 5.79. The van der Waals surface area contributed by atoms with Gasteiger partial charge < -0.3 is 14.0 Å². The maximum absolute atomic E-state index is 12.3. The van der Waals surface area contributed by atoms with Crippen LogP contribution in [0.5, 0.6) is 0 Å². The number of nitrogens with zero attached hydrogens (tertiary/aromatic N) is 3. The maximum Gasteiger partial charge on any atom is 0.494 e. The van der Waals surface area contributed by atoms with Crippen LogP contribution < -0.4 is 10.8 Å². The minimum Gasteiger partial charge on any atom is -0.444 e. The molecule has 0 atom stereocenters. The molecule has 0 aliphatic carbocycles. The van der Waals surface area contributed by atoms with Crippen molar-refractivity contribution in [2.24, 2.45) is 0 Å². The quantitative estimate of drug-likeness (QED) is 0.618. The summed E-state index contributed by atoms with van der Waals surface area (Å²) in [6.07, 6.45) is -0.575. The first-order valence-corrected chi connectivity index (χ1v) is 10.5. The lowest BCUT2D eigenvalue weighted by molar-refractivity contribution is 0.00578. The Morgan fingerprint density at radius 3 is 2.28 bits per heavy atom. The van der Waals surface area contributed by atoms with Crippen molar-refractivity contribution in [1.82, 2.24) is 15.0 Å². The van der Waals surface area contributed by atoms with E-state index in [9.17, 15) is 4.79 Å². The molecule has 4 rings (SSSR count). The third-order valence-corrected chi connectivity index (χ3v) is 5.93. The molecule has 1 aromatic heterocycles. The number of hydrogen-bond donors (Lipinski definition) is 1. The lowest BCUT2D eigenvalue weighted by Crippen LogP contribution is -2.41. The molecular weight excluding hydrogens is 407 g/mol. The van der Waals surface area contributed by atoms with Crippen molar-refractivity contribution in [3.8, 4) is 5.69 Å². The number of aryl methyl sites for hydroxylation is 1. The van der Waals surface area contributed by atoms with Gasteiger partial charge >= 0.3 is 13.2 Å². The zero-order chi connectivity index (χ0) is 22.9. The number of carbonyl (C=O) groups excluding carboxylic acids is 1. The largest absolute Gasteiger partial charge is 0.494 e. The molecule has 0 bridgehead atoms. The molecule has 0 saturated carbocycles. The van der Waals surface area contributed by atoms with Crippen molar-refractivity contribution in [2.75, 3.05) is 5.32 Å². The molecule has 8 nitrogen and oxygen atoms in total. The lowest BCUT2D eigenvalue weighted by atomic mass is 9.79. The number of nitrogens with one attached hydrogen (secondary N) is 1. The summed E-state index contributed by atoms with van der Waals surface area (Å²) >= 11 is 0. The minimum absolute atomic E-state index is 0.177. The molecule has 1 saturated heterocycles. The lowest BCUT2D eigenvalue weighted by Gasteiger charge is -2.32. The Balaban J connectivity index is 1.46. The van der Waals surface area contributed by atoms with E-state index >= 15 is 0 Å². The van der Waals surface area contributed by atoms with Gasteiger partial charge in [0.05, 0.1) is 16.9 Å². The molecule has 1 aliphatic rings. The summed E-state index contributed by atoms with van der Waals surface area (Å²) in [4.78, 5) is 12.3. The molecule has 1 N–H and O–H groups in total. The maximum atomic E-state index is 12.3. The van der Waals surface area contributed by atoms with Crippen molar-refractivity contribution < 1.29 is 18.8 Å². The van der Waals surface area contributed by atoms with Crippen molar-refractivity contribution in [1.29, 1.82) is 0 Å². The fourth-order valence-corrected chi connectivity index (χ4v) is 3.29. The Morgan fingerprint density at radius 1 is 1.03 bits per heavy atom. The summed E-state index contributed by atoms with van der Waals surface area (Å²) in [7, 11) is -0.447. The second kappa shape index (κ2) is 8.40. The highest BCUT2D eigenvalue weighted by Gasteiger charge is 2.51. The van der Waals surface area contributed by atoms with Crippen LogP contribution in [0.4, 0.5) is 10.6 Å². The van der Waals surface area contributed by atoms with Gasteiger partial charge in [-0.15, -0.1) is 5.10 Å². The second-order valence-electron chi connectivity index (χ2n) is 8.80. The number of benzene rings is 2. The van der Waals surface area contributed by atoms with E-state index in [1.165, 1.54) is 0 Å². The third-order valence-electron chi connectivity index (χ3n) is 5.93. The van der Waals surface area contributed by atoms with Gasteiger partial charge in [0.2, 0.25) is 0 Å². The van der Waals surface area contributed by atoms with Gasteiger partial charge in [0.1, 0.15) is 12.3 Å². The summed E-state index contributed by atoms with van der Waals surface area (Å²) in [6.45, 7) is 10.0. The fourth-order valence-electron chi connectivity index (χ4n) is 3.29. The molecule has 0 unspecified atom stereocenters. The molecule has 1 fully saturated rings. The van der Waals surface area contributed by atoms with E-state index < -0.39 is 24.4 Å². The van der Waals surface area contributed by atoms with Crippen LogP contribution in [0.1, 0.15) is 39.0 Å². The van der Waals surface area contributed by atoms with Crippen LogP contribution in [-0.2, 0) is 20.7 Å². The zero-order valence-electron chi connectivity index (χ0n) is 19.0. The Labute approximate surface area is 188 Å². The first kappa shape index (κ1) is 22.0. The van der Waals surface area contributed by atoms with Crippen molar-refractivity contribution in [3.05, 3.63) is 65.9 Å². The van der Waals surface area contributed by atoms with E-state index in [0.717, 1.165) is 16.7 Å². The van der Waals surface area contributed by atoms with Gasteiger partial charge in [-0.05, 0) is 57.8 Å². The third kappa shape index (κ3) is 4.40. The van der Waals surface area contributed by atoms with Crippen LogP contribution in [0, 0.1) is 6.92 Å². The van der Waals surface area contributed by atoms with Gasteiger partial charge in [0.25, 0.3) is 0 Å². The van der Waals surface area contributed by atoms with E-state index in [1.807, 2.05) is 82.3 Å². The van der Waals surface area contributed by atoms with Crippen LogP contribution in [0.25, 0.3) is 5.69 Å². The smallest absolute Gasteiger partial charge is 0.444 e. The number of hydrogen-bond acceptors (Lipinski definition) is 6. The Hall–Kier alpha value is -3.17. The highest BCUT2D eigenvalue weighted by Crippen LogP contribution is 2.36. The average molecular weight is 434 g/mol. The SMILES string of the molecule is Cc1nnn(-c2ccc(B3OC(C)(C)C(C)(C)O3)cc2)c1NC(=O)OCc1ccccc1. The van der Waals surface area contributed by atoms with Crippen LogP contribution in [-0.4, -0.2) is 39.4 Å². The summed E-state index contributed by atoms with van der Waals surface area (Å²) in [5, 5.41) is 11.0. The van der Waals surface area contributed by atoms with E-state index in [4.69, 9.17) is 14.0 Å². The van der Waals surface area contributed by atoms with E-state index in [0.29, 0.717) is 11.5 Å². The highest BCUT2D eigenvalue weighted by atomic mass is 16.7. The molecule has 2 heterocycles. The predicted octanol–water partition coefficient (Wildman–Crippen LogP) is 3.62. The van der Waals surface area contributed by atoms with Gasteiger partial charge in [-0.2, -0.15) is 4.68 Å². The minimum atomic E-state index is -0.575. The number of carbonyl (C=O) groups is 1. The highest BCUT2D eigenvalue weighted by molar-refractivity contribution is 6.62. The van der Waals surface area contributed by atoms with Gasteiger partial charge in [-0.25, -0.2) is 4.79 Å². The summed E-state index contributed by atoms with van der Waals surface area (Å²) in [6, 6.07) is 17.1. The van der Waals surface area contributed by atoms with E-state index in [2.05, 4.69) is 15.6 Å². The number of anilines is 1. The molecule has 2 aromatic carbocycles. The summed E-state index contributed by atoms with van der Waals surface area (Å²) in [5.41, 5.74) is 2.32. The van der Waals surface area contributed by atoms with Crippen LogP contribution in [0.3, 0.4) is 0 Å². The molecule has 3 aromatic rings. The number of aromatic nitrogens is 3. The monoisotopic (exact) mass is 434 g/mol. The molecule has 9 heteroatoms. The topological polar surface area (TPSA) is 87.5 Å². The van der Waals surface area contributed by atoms with Crippen molar-refractivity contribution in [3.63, 3.8) is 0 Å². The Morgan fingerprint density at radius 2 is 1.66 bits per heavy atom. The number of amides is 1. The molecule has 0 radical (unpaired) electrons. The van der Waals surface area contributed by atoms with Gasteiger partial charge in [0, 0.05) is 0 Å². The molecule has 1 amide bonds. The van der Waals surface area contributed by atoms with Crippen LogP contribution >= 0.6 is 0 Å². The average Bonchev–Trinajstić information content (AvgIpc) is 3.22. The molecular formula is C23H27BN4O4. The van der Waals surface area contributed by atoms with Gasteiger partial charge in [-0.3, -0.25) is 5.32 Å². The van der Waals surface area contributed by atoms with E-state index in [-0.39, 0.29) is 6.61 Å². The van der Waals surface area contributed by atoms with Gasteiger partial charge in [0.15, 0.2) is 5.82 Å². The standard InChI is InChI=1S/C23H27BN4O4/c1-16-20(25-21(29)30-15-17-9-7-6-8-10-17)28(27-26-16)19-13-11-18(12-14-19)24-31-22(2,3)23(4,5)32-24/h6-14H,15H2,1-5H3,(H,25,29). The molecule has 32 heavy (non-hydrogen) atoms. The summed E-state index contributed by atoms with van der Waals surface area (Å²) < 4.78 is 19.1. The first-order valence-electron chi connectivity index (χ1n) is 10.5. The Bertz CT molecular complexity index is 1080. The van der Waals surface area contributed by atoms with Crippen LogP contribution in [0.15, 0.2) is 54.6 Å². The molecule has 166 valence electrons. The first-order chi connectivity index (χ1) is 15.2. The van der Waals surface area contributed by atoms with Crippen molar-refractivity contribution >= 4 is 24.5 Å². The number of rotatable bonds is 5. The van der Waals surface area contributed by atoms with Gasteiger partial charge in [-0.1, -0.05) is 47.7 Å². The fraction of sp³-hybridized carbons (Fsp3) is 0.348.